The molecule has 0 spiro atoms. The van der Waals surface area contributed by atoms with Gasteiger partial charge < -0.3 is 10.2 Å². The van der Waals surface area contributed by atoms with Crippen molar-refractivity contribution >= 4 is 11.9 Å². The molecule has 0 amide bonds. The van der Waals surface area contributed by atoms with Gasteiger partial charge in [0.15, 0.2) is 0 Å². The lowest BCUT2D eigenvalue weighted by Gasteiger charge is -2.34. The molecular formula is C15H16N2O4. The molecule has 1 heterocycles. The summed E-state index contributed by atoms with van der Waals surface area (Å²) in [4.78, 5) is 24.3. The van der Waals surface area contributed by atoms with Crippen LogP contribution in [0.5, 0.6) is 0 Å². The number of piperidine rings is 1. The van der Waals surface area contributed by atoms with Crippen LogP contribution in [0.25, 0.3) is 0 Å². The molecule has 0 aliphatic carbocycles. The molecule has 0 radical (unpaired) electrons. The monoisotopic (exact) mass is 288 g/mol. The van der Waals surface area contributed by atoms with Crippen molar-refractivity contribution in [2.24, 2.45) is 11.8 Å². The van der Waals surface area contributed by atoms with E-state index in [1.54, 1.807) is 12.1 Å². The quantitative estimate of drug-likeness (QED) is 0.862. The number of nitriles is 1. The fourth-order valence-electron chi connectivity index (χ4n) is 2.65. The molecule has 2 atom stereocenters. The number of nitrogens with zero attached hydrogens (tertiary/aromatic N) is 2. The minimum Gasteiger partial charge on any atom is -0.481 e. The van der Waals surface area contributed by atoms with Crippen LogP contribution in [0.1, 0.15) is 17.5 Å². The van der Waals surface area contributed by atoms with E-state index < -0.39 is 23.8 Å². The van der Waals surface area contributed by atoms with Gasteiger partial charge in [-0.25, -0.2) is 0 Å². The molecule has 1 aliphatic rings. The molecule has 2 unspecified atom stereocenters. The molecule has 0 aromatic heterocycles. The first-order valence-electron chi connectivity index (χ1n) is 6.68. The van der Waals surface area contributed by atoms with E-state index in [2.05, 4.69) is 0 Å². The van der Waals surface area contributed by atoms with Gasteiger partial charge in [0.05, 0.1) is 23.5 Å². The average Bonchev–Trinajstić information content (AvgIpc) is 2.47. The summed E-state index contributed by atoms with van der Waals surface area (Å²) in [5.74, 6) is -3.80. The van der Waals surface area contributed by atoms with Gasteiger partial charge in [0.25, 0.3) is 0 Å². The highest BCUT2D eigenvalue weighted by atomic mass is 16.4. The van der Waals surface area contributed by atoms with Gasteiger partial charge in [-0.05, 0) is 30.7 Å². The largest absolute Gasteiger partial charge is 0.481 e. The Morgan fingerprint density at radius 3 is 2.33 bits per heavy atom. The number of rotatable bonds is 4. The maximum absolute atomic E-state index is 11.2. The van der Waals surface area contributed by atoms with Crippen molar-refractivity contribution in [1.82, 2.24) is 4.90 Å². The Morgan fingerprint density at radius 2 is 1.81 bits per heavy atom. The van der Waals surface area contributed by atoms with Gasteiger partial charge in [0.1, 0.15) is 0 Å². The third-order valence-corrected chi connectivity index (χ3v) is 3.82. The molecular weight excluding hydrogens is 272 g/mol. The number of hydrogen-bond donors (Lipinski definition) is 2. The first kappa shape index (κ1) is 15.0. The van der Waals surface area contributed by atoms with E-state index in [4.69, 9.17) is 10.4 Å². The van der Waals surface area contributed by atoms with Crippen LogP contribution in [0.2, 0.25) is 0 Å². The van der Waals surface area contributed by atoms with Crippen molar-refractivity contribution in [1.29, 1.82) is 5.26 Å². The Bertz CT molecular complexity index is 576. The fourth-order valence-corrected chi connectivity index (χ4v) is 2.65. The molecule has 1 aromatic rings. The first-order valence-corrected chi connectivity index (χ1v) is 6.68. The molecule has 1 aliphatic heterocycles. The average molecular weight is 288 g/mol. The molecule has 6 heteroatoms. The van der Waals surface area contributed by atoms with Crippen LogP contribution in [-0.2, 0) is 16.1 Å². The van der Waals surface area contributed by atoms with Gasteiger partial charge in [-0.2, -0.15) is 5.26 Å². The van der Waals surface area contributed by atoms with Crippen LogP contribution < -0.4 is 0 Å². The van der Waals surface area contributed by atoms with Crippen molar-refractivity contribution in [2.75, 3.05) is 13.1 Å². The van der Waals surface area contributed by atoms with Crippen LogP contribution in [-0.4, -0.2) is 40.1 Å². The molecule has 0 saturated carbocycles. The van der Waals surface area contributed by atoms with E-state index in [-0.39, 0.29) is 6.54 Å². The summed E-state index contributed by atoms with van der Waals surface area (Å²) in [6, 6.07) is 9.14. The third-order valence-electron chi connectivity index (χ3n) is 3.82. The number of likely N-dealkylation sites (tertiary alicyclic amines) is 1. The summed E-state index contributed by atoms with van der Waals surface area (Å²) in [5.41, 5.74) is 1.55. The van der Waals surface area contributed by atoms with E-state index in [0.717, 1.165) is 5.56 Å². The smallest absolute Gasteiger partial charge is 0.308 e. The SMILES string of the molecule is N#Cc1ccc(CN2CCC(C(=O)O)C(C(=O)O)C2)cc1. The van der Waals surface area contributed by atoms with Crippen molar-refractivity contribution < 1.29 is 19.8 Å². The number of carboxylic acid groups (broad SMARTS) is 2. The van der Waals surface area contributed by atoms with Crippen molar-refractivity contribution in [3.05, 3.63) is 35.4 Å². The zero-order valence-electron chi connectivity index (χ0n) is 11.4. The van der Waals surface area contributed by atoms with Crippen molar-refractivity contribution in [3.63, 3.8) is 0 Å². The minimum atomic E-state index is -1.06. The molecule has 2 N–H and O–H groups in total. The third kappa shape index (κ3) is 3.58. The van der Waals surface area contributed by atoms with Crippen LogP contribution >= 0.6 is 0 Å². The van der Waals surface area contributed by atoms with Crippen molar-refractivity contribution in [3.8, 4) is 6.07 Å². The topological polar surface area (TPSA) is 102 Å². The highest BCUT2D eigenvalue weighted by molar-refractivity contribution is 5.80. The first-order chi connectivity index (χ1) is 10.0. The number of carboxylic acids is 2. The molecule has 21 heavy (non-hydrogen) atoms. The summed E-state index contributed by atoms with van der Waals surface area (Å²) >= 11 is 0. The van der Waals surface area contributed by atoms with Gasteiger partial charge in [0, 0.05) is 13.1 Å². The highest BCUT2D eigenvalue weighted by Crippen LogP contribution is 2.25. The van der Waals surface area contributed by atoms with Crippen LogP contribution in [0.15, 0.2) is 24.3 Å². The summed E-state index contributed by atoms with van der Waals surface area (Å²) in [6.07, 6.45) is 0.336. The zero-order chi connectivity index (χ0) is 15.4. The van der Waals surface area contributed by atoms with E-state index >= 15 is 0 Å². The minimum absolute atomic E-state index is 0.228. The van der Waals surface area contributed by atoms with Gasteiger partial charge in [-0.3, -0.25) is 14.5 Å². The lowest BCUT2D eigenvalue weighted by molar-refractivity contribution is -0.157. The molecule has 1 aromatic carbocycles. The van der Waals surface area contributed by atoms with Crippen LogP contribution in [0.3, 0.4) is 0 Å². The zero-order valence-corrected chi connectivity index (χ0v) is 11.4. The van der Waals surface area contributed by atoms with E-state index in [1.807, 2.05) is 23.1 Å². The Labute approximate surface area is 122 Å². The van der Waals surface area contributed by atoms with E-state index in [0.29, 0.717) is 25.1 Å². The summed E-state index contributed by atoms with van der Waals surface area (Å²) in [7, 11) is 0. The van der Waals surface area contributed by atoms with E-state index in [1.165, 1.54) is 0 Å². The molecule has 6 nitrogen and oxygen atoms in total. The summed E-state index contributed by atoms with van der Waals surface area (Å²) in [6.45, 7) is 1.34. The van der Waals surface area contributed by atoms with Crippen LogP contribution in [0, 0.1) is 23.2 Å². The Morgan fingerprint density at radius 1 is 1.19 bits per heavy atom. The normalized spacial score (nSPS) is 22.4. The molecule has 1 saturated heterocycles. The van der Waals surface area contributed by atoms with E-state index in [9.17, 15) is 14.7 Å². The predicted octanol–water partition coefficient (Wildman–Crippen LogP) is 1.17. The maximum Gasteiger partial charge on any atom is 0.308 e. The van der Waals surface area contributed by atoms with Gasteiger partial charge in [-0.1, -0.05) is 12.1 Å². The summed E-state index contributed by atoms with van der Waals surface area (Å²) in [5, 5.41) is 27.0. The number of benzene rings is 1. The molecule has 110 valence electrons. The highest BCUT2D eigenvalue weighted by Gasteiger charge is 2.38. The van der Waals surface area contributed by atoms with Gasteiger partial charge in [0.2, 0.25) is 0 Å². The summed E-state index contributed by atoms with van der Waals surface area (Å²) < 4.78 is 0. The Balaban J connectivity index is 2.03. The predicted molar refractivity (Wildman–Crippen MR) is 73.3 cm³/mol. The van der Waals surface area contributed by atoms with Crippen molar-refractivity contribution in [2.45, 2.75) is 13.0 Å². The Kier molecular flexibility index (Phi) is 4.55. The second-order valence-electron chi connectivity index (χ2n) is 5.22. The maximum atomic E-state index is 11.2. The molecule has 1 fully saturated rings. The lowest BCUT2D eigenvalue weighted by Crippen LogP contribution is -2.46. The number of hydrogen-bond acceptors (Lipinski definition) is 4. The fraction of sp³-hybridized carbons (Fsp3) is 0.400. The van der Waals surface area contributed by atoms with Crippen LogP contribution in [0.4, 0.5) is 0 Å². The van der Waals surface area contributed by atoms with Gasteiger partial charge >= 0.3 is 11.9 Å². The molecule has 2 rings (SSSR count). The number of aliphatic carboxylic acids is 2. The number of carbonyl (C=O) groups is 2. The molecule has 0 bridgehead atoms. The Hall–Kier alpha value is -2.39. The standard InChI is InChI=1S/C15H16N2O4/c16-7-10-1-3-11(4-2-10)8-17-6-5-12(14(18)19)13(9-17)15(20)21/h1-4,12-13H,5-6,8-9H2,(H,18,19)(H,20,21). The van der Waals surface area contributed by atoms with Gasteiger partial charge in [-0.15, -0.1) is 0 Å². The lowest BCUT2D eigenvalue weighted by atomic mass is 9.85. The second-order valence-corrected chi connectivity index (χ2v) is 5.22. The second kappa shape index (κ2) is 6.37.